The van der Waals surface area contributed by atoms with Crippen LogP contribution in [0.15, 0.2) is 12.1 Å². The molecule has 1 saturated carbocycles. The molecule has 1 N–H and O–H groups in total. The molecule has 2 rings (SSSR count). The van der Waals surface area contributed by atoms with E-state index in [2.05, 4.69) is 17.2 Å². The second-order valence-electron chi connectivity index (χ2n) is 5.21. The monoisotopic (exact) mass is 279 g/mol. The van der Waals surface area contributed by atoms with Crippen LogP contribution in [-0.4, -0.2) is 23.1 Å². The molecule has 2 atom stereocenters. The van der Waals surface area contributed by atoms with Crippen LogP contribution in [0.5, 0.6) is 5.88 Å². The number of rotatable bonds is 5. The van der Waals surface area contributed by atoms with E-state index in [9.17, 15) is 10.1 Å². The van der Waals surface area contributed by atoms with E-state index in [1.807, 2.05) is 0 Å². The van der Waals surface area contributed by atoms with Crippen LogP contribution in [0.1, 0.15) is 39.0 Å². The zero-order chi connectivity index (χ0) is 14.5. The van der Waals surface area contributed by atoms with Gasteiger partial charge in [0.1, 0.15) is 11.9 Å². The third kappa shape index (κ3) is 3.37. The first-order valence-corrected chi connectivity index (χ1v) is 7.13. The molecule has 0 aliphatic heterocycles. The van der Waals surface area contributed by atoms with Gasteiger partial charge in [0, 0.05) is 13.1 Å². The Kier molecular flexibility index (Phi) is 4.76. The summed E-state index contributed by atoms with van der Waals surface area (Å²) in [5.74, 6) is 1.36. The SMILES string of the molecule is CCC1CCCC(Oc2nc(NC)ccc2[N+](=O)[O-])C1. The summed E-state index contributed by atoms with van der Waals surface area (Å²) in [5, 5.41) is 13.9. The molecule has 1 aromatic heterocycles. The van der Waals surface area contributed by atoms with Crippen LogP contribution >= 0.6 is 0 Å². The number of pyridine rings is 1. The molecule has 0 spiro atoms. The fourth-order valence-electron chi connectivity index (χ4n) is 2.68. The van der Waals surface area contributed by atoms with Crippen LogP contribution in [0.4, 0.5) is 11.5 Å². The Bertz CT molecular complexity index is 479. The Labute approximate surface area is 118 Å². The highest BCUT2D eigenvalue weighted by Gasteiger charge is 2.26. The number of ether oxygens (including phenoxy) is 1. The van der Waals surface area contributed by atoms with Gasteiger partial charge >= 0.3 is 5.69 Å². The van der Waals surface area contributed by atoms with Crippen molar-refractivity contribution in [3.05, 3.63) is 22.2 Å². The smallest absolute Gasteiger partial charge is 0.331 e. The van der Waals surface area contributed by atoms with Gasteiger partial charge in [0.05, 0.1) is 4.92 Å². The van der Waals surface area contributed by atoms with Crippen molar-refractivity contribution in [3.63, 3.8) is 0 Å². The Morgan fingerprint density at radius 2 is 2.30 bits per heavy atom. The lowest BCUT2D eigenvalue weighted by Gasteiger charge is -2.28. The Hall–Kier alpha value is -1.85. The van der Waals surface area contributed by atoms with Crippen LogP contribution in [0.2, 0.25) is 0 Å². The summed E-state index contributed by atoms with van der Waals surface area (Å²) in [6, 6.07) is 3.02. The highest BCUT2D eigenvalue weighted by atomic mass is 16.6. The number of aromatic nitrogens is 1. The second-order valence-corrected chi connectivity index (χ2v) is 5.21. The van der Waals surface area contributed by atoms with Crippen molar-refractivity contribution < 1.29 is 9.66 Å². The predicted octanol–water partition coefficient (Wildman–Crippen LogP) is 3.38. The third-order valence-electron chi connectivity index (χ3n) is 3.88. The molecular formula is C14H21N3O3. The number of nitrogens with one attached hydrogen (secondary N) is 1. The summed E-state index contributed by atoms with van der Waals surface area (Å²) >= 11 is 0. The normalized spacial score (nSPS) is 22.3. The van der Waals surface area contributed by atoms with E-state index in [4.69, 9.17) is 4.74 Å². The van der Waals surface area contributed by atoms with E-state index >= 15 is 0 Å². The van der Waals surface area contributed by atoms with Crippen LogP contribution < -0.4 is 10.1 Å². The van der Waals surface area contributed by atoms with Gasteiger partial charge in [-0.15, -0.1) is 0 Å². The predicted molar refractivity (Wildman–Crippen MR) is 77.1 cm³/mol. The summed E-state index contributed by atoms with van der Waals surface area (Å²) < 4.78 is 5.83. The highest BCUT2D eigenvalue weighted by molar-refractivity contribution is 5.48. The lowest BCUT2D eigenvalue weighted by Crippen LogP contribution is -2.25. The molecule has 20 heavy (non-hydrogen) atoms. The number of anilines is 1. The molecule has 0 bridgehead atoms. The van der Waals surface area contributed by atoms with Gasteiger partial charge in [-0.2, -0.15) is 4.98 Å². The van der Waals surface area contributed by atoms with Crippen molar-refractivity contribution in [1.29, 1.82) is 0 Å². The zero-order valence-electron chi connectivity index (χ0n) is 12.0. The second kappa shape index (κ2) is 6.54. The van der Waals surface area contributed by atoms with E-state index in [1.165, 1.54) is 12.5 Å². The van der Waals surface area contributed by atoms with E-state index in [0.717, 1.165) is 25.7 Å². The molecule has 110 valence electrons. The number of hydrogen-bond acceptors (Lipinski definition) is 5. The fourth-order valence-corrected chi connectivity index (χ4v) is 2.68. The minimum Gasteiger partial charge on any atom is -0.469 e. The maximum Gasteiger partial charge on any atom is 0.331 e. The van der Waals surface area contributed by atoms with Gasteiger partial charge < -0.3 is 10.1 Å². The Balaban J connectivity index is 2.16. The summed E-state index contributed by atoms with van der Waals surface area (Å²) in [5.41, 5.74) is -0.0670. The summed E-state index contributed by atoms with van der Waals surface area (Å²) in [6.45, 7) is 2.18. The maximum atomic E-state index is 11.0. The molecule has 1 heterocycles. The zero-order valence-corrected chi connectivity index (χ0v) is 12.0. The van der Waals surface area contributed by atoms with Crippen molar-refractivity contribution in [2.45, 2.75) is 45.1 Å². The molecule has 2 unspecified atom stereocenters. The first-order chi connectivity index (χ1) is 9.63. The van der Waals surface area contributed by atoms with Crippen molar-refractivity contribution in [3.8, 4) is 5.88 Å². The standard InChI is InChI=1S/C14H21N3O3/c1-3-10-5-4-6-11(9-10)20-14-12(17(18)19)7-8-13(15-2)16-14/h7-8,10-11H,3-6,9H2,1-2H3,(H,15,16). The molecule has 1 aliphatic carbocycles. The molecular weight excluding hydrogens is 258 g/mol. The summed E-state index contributed by atoms with van der Waals surface area (Å²) in [7, 11) is 1.73. The minimum absolute atomic E-state index is 0.0343. The average molecular weight is 279 g/mol. The maximum absolute atomic E-state index is 11.0. The van der Waals surface area contributed by atoms with Gasteiger partial charge in [-0.05, 0) is 31.2 Å². The van der Waals surface area contributed by atoms with Gasteiger partial charge in [0.2, 0.25) is 0 Å². The molecule has 1 aliphatic rings. The highest BCUT2D eigenvalue weighted by Crippen LogP contribution is 2.33. The molecule has 0 radical (unpaired) electrons. The van der Waals surface area contributed by atoms with Crippen molar-refractivity contribution in [1.82, 2.24) is 4.98 Å². The first kappa shape index (κ1) is 14.6. The van der Waals surface area contributed by atoms with Crippen molar-refractivity contribution >= 4 is 11.5 Å². The molecule has 0 saturated heterocycles. The van der Waals surface area contributed by atoms with Gasteiger partial charge in [-0.3, -0.25) is 10.1 Å². The number of nitrogens with zero attached hydrogens (tertiary/aromatic N) is 2. The lowest BCUT2D eigenvalue weighted by molar-refractivity contribution is -0.386. The van der Waals surface area contributed by atoms with E-state index in [-0.39, 0.29) is 17.7 Å². The largest absolute Gasteiger partial charge is 0.469 e. The average Bonchev–Trinajstić information content (AvgIpc) is 2.47. The Morgan fingerprint density at radius 1 is 1.50 bits per heavy atom. The lowest BCUT2D eigenvalue weighted by atomic mass is 9.85. The van der Waals surface area contributed by atoms with Crippen LogP contribution in [-0.2, 0) is 0 Å². The van der Waals surface area contributed by atoms with E-state index in [0.29, 0.717) is 11.7 Å². The van der Waals surface area contributed by atoms with Crippen LogP contribution in [0.25, 0.3) is 0 Å². The van der Waals surface area contributed by atoms with Crippen LogP contribution in [0, 0.1) is 16.0 Å². The van der Waals surface area contributed by atoms with Gasteiger partial charge in [-0.25, -0.2) is 0 Å². The first-order valence-electron chi connectivity index (χ1n) is 7.13. The molecule has 0 aromatic carbocycles. The molecule has 0 amide bonds. The topological polar surface area (TPSA) is 77.3 Å². The summed E-state index contributed by atoms with van der Waals surface area (Å²) in [4.78, 5) is 14.8. The molecule has 6 nitrogen and oxygen atoms in total. The van der Waals surface area contributed by atoms with Crippen molar-refractivity contribution in [2.75, 3.05) is 12.4 Å². The summed E-state index contributed by atoms with van der Waals surface area (Å²) in [6.07, 6.45) is 5.40. The van der Waals surface area contributed by atoms with E-state index < -0.39 is 4.92 Å². The number of hydrogen-bond donors (Lipinski definition) is 1. The fraction of sp³-hybridized carbons (Fsp3) is 0.643. The Morgan fingerprint density at radius 3 is 2.95 bits per heavy atom. The van der Waals surface area contributed by atoms with E-state index in [1.54, 1.807) is 13.1 Å². The molecule has 1 fully saturated rings. The van der Waals surface area contributed by atoms with Gasteiger partial charge in [0.25, 0.3) is 5.88 Å². The quantitative estimate of drug-likeness (QED) is 0.660. The van der Waals surface area contributed by atoms with Gasteiger partial charge in [0.15, 0.2) is 0 Å². The number of nitro groups is 1. The third-order valence-corrected chi connectivity index (χ3v) is 3.88. The van der Waals surface area contributed by atoms with Gasteiger partial charge in [-0.1, -0.05) is 19.8 Å². The molecule has 6 heteroatoms. The van der Waals surface area contributed by atoms with Crippen molar-refractivity contribution in [2.24, 2.45) is 5.92 Å². The minimum atomic E-state index is -0.443. The van der Waals surface area contributed by atoms with Crippen LogP contribution in [0.3, 0.4) is 0 Å². The molecule has 1 aromatic rings.